The van der Waals surface area contributed by atoms with Crippen LogP contribution in [0.5, 0.6) is 5.75 Å². The fourth-order valence-corrected chi connectivity index (χ4v) is 2.35. The van der Waals surface area contributed by atoms with Gasteiger partial charge in [0.2, 0.25) is 0 Å². The van der Waals surface area contributed by atoms with E-state index in [1.54, 1.807) is 7.11 Å². The number of methoxy groups -OCH3 is 1. The minimum atomic E-state index is -0.356. The number of aromatic nitrogens is 1. The molecule has 92 valence electrons. The van der Waals surface area contributed by atoms with Crippen LogP contribution in [0.3, 0.4) is 0 Å². The molecule has 0 saturated carbocycles. The van der Waals surface area contributed by atoms with Crippen molar-refractivity contribution in [1.82, 2.24) is 4.57 Å². The number of rotatable bonds is 2. The summed E-state index contributed by atoms with van der Waals surface area (Å²) in [5, 5.41) is 1.21. The number of nitrogens with zero attached hydrogens (tertiary/aromatic N) is 1. The van der Waals surface area contributed by atoms with Gasteiger partial charge in [0.1, 0.15) is 5.75 Å². The van der Waals surface area contributed by atoms with E-state index >= 15 is 0 Å². The minimum absolute atomic E-state index is 0.356. The van der Waals surface area contributed by atoms with Crippen molar-refractivity contribution in [1.29, 1.82) is 0 Å². The molecule has 0 spiro atoms. The number of aryl methyl sites for hydroxylation is 2. The van der Waals surface area contributed by atoms with Crippen LogP contribution in [0.25, 0.3) is 10.9 Å². The van der Waals surface area contributed by atoms with Crippen molar-refractivity contribution in [3.8, 4) is 5.75 Å². The lowest BCUT2D eigenvalue weighted by Gasteiger charge is -2.20. The quantitative estimate of drug-likeness (QED) is 0.864. The molecule has 1 aromatic heterocycles. The zero-order valence-corrected chi connectivity index (χ0v) is 11.2. The lowest BCUT2D eigenvalue weighted by Crippen LogP contribution is -2.30. The Labute approximate surface area is 102 Å². The van der Waals surface area contributed by atoms with E-state index in [4.69, 9.17) is 10.5 Å². The molecular weight excluding hydrogens is 212 g/mol. The third kappa shape index (κ3) is 1.80. The zero-order valence-electron chi connectivity index (χ0n) is 11.2. The van der Waals surface area contributed by atoms with Gasteiger partial charge in [-0.05, 0) is 38.5 Å². The van der Waals surface area contributed by atoms with Gasteiger partial charge < -0.3 is 15.0 Å². The topological polar surface area (TPSA) is 40.2 Å². The van der Waals surface area contributed by atoms with E-state index < -0.39 is 0 Å². The summed E-state index contributed by atoms with van der Waals surface area (Å²) in [5.41, 5.74) is 9.31. The summed E-state index contributed by atoms with van der Waals surface area (Å²) in [6, 6.07) is 6.24. The van der Waals surface area contributed by atoms with Crippen LogP contribution in [0.15, 0.2) is 18.2 Å². The predicted molar refractivity (Wildman–Crippen MR) is 71.4 cm³/mol. The van der Waals surface area contributed by atoms with Crippen LogP contribution >= 0.6 is 0 Å². The average molecular weight is 232 g/mol. The molecule has 0 amide bonds. The van der Waals surface area contributed by atoms with Gasteiger partial charge in [0.15, 0.2) is 0 Å². The van der Waals surface area contributed by atoms with E-state index in [2.05, 4.69) is 23.6 Å². The Bertz CT molecular complexity index is 562. The predicted octanol–water partition coefficient (Wildman–Crippen LogP) is 2.69. The number of fused-ring (bicyclic) bond motifs is 1. The van der Waals surface area contributed by atoms with Crippen LogP contribution in [0, 0.1) is 6.92 Å². The molecule has 0 atom stereocenters. The number of hydrogen-bond donors (Lipinski definition) is 1. The van der Waals surface area contributed by atoms with E-state index in [0.29, 0.717) is 0 Å². The van der Waals surface area contributed by atoms with Gasteiger partial charge in [0.05, 0.1) is 18.2 Å². The second-order valence-corrected chi connectivity index (χ2v) is 5.16. The molecule has 3 nitrogen and oxygen atoms in total. The lowest BCUT2D eigenvalue weighted by molar-refractivity contribution is 0.417. The molecule has 1 heterocycles. The van der Waals surface area contributed by atoms with Crippen molar-refractivity contribution in [2.75, 3.05) is 7.11 Å². The second-order valence-electron chi connectivity index (χ2n) is 5.16. The SMILES string of the molecule is COc1ccc(C)c2cc(C(C)(C)N)n(C)c12. The summed E-state index contributed by atoms with van der Waals surface area (Å²) in [4.78, 5) is 0. The molecule has 1 aromatic carbocycles. The normalized spacial score (nSPS) is 12.1. The first-order valence-electron chi connectivity index (χ1n) is 5.78. The molecule has 2 aromatic rings. The maximum absolute atomic E-state index is 6.20. The summed E-state index contributed by atoms with van der Waals surface area (Å²) in [6.45, 7) is 6.14. The van der Waals surface area contributed by atoms with Crippen LogP contribution in [-0.2, 0) is 12.6 Å². The first-order valence-corrected chi connectivity index (χ1v) is 5.78. The van der Waals surface area contributed by atoms with Crippen LogP contribution in [0.2, 0.25) is 0 Å². The third-order valence-corrected chi connectivity index (χ3v) is 3.26. The first-order chi connectivity index (χ1) is 7.86. The Balaban J connectivity index is 2.86. The molecule has 3 heteroatoms. The molecule has 17 heavy (non-hydrogen) atoms. The van der Waals surface area contributed by atoms with Gasteiger partial charge in [-0.2, -0.15) is 0 Å². The zero-order chi connectivity index (χ0) is 12.8. The second kappa shape index (κ2) is 3.77. The van der Waals surface area contributed by atoms with Crippen molar-refractivity contribution in [2.24, 2.45) is 12.8 Å². The molecule has 2 rings (SSSR count). The van der Waals surface area contributed by atoms with E-state index in [-0.39, 0.29) is 5.54 Å². The Morgan fingerprint density at radius 2 is 1.94 bits per heavy atom. The Hall–Kier alpha value is -1.48. The molecule has 0 aliphatic heterocycles. The smallest absolute Gasteiger partial charge is 0.143 e. The molecule has 0 radical (unpaired) electrons. The van der Waals surface area contributed by atoms with Gasteiger partial charge in [-0.25, -0.2) is 0 Å². The highest BCUT2D eigenvalue weighted by Gasteiger charge is 2.21. The Morgan fingerprint density at radius 3 is 2.47 bits per heavy atom. The van der Waals surface area contributed by atoms with Crippen LogP contribution in [0.4, 0.5) is 0 Å². The molecule has 0 bridgehead atoms. The number of nitrogens with two attached hydrogens (primary N) is 1. The van der Waals surface area contributed by atoms with Crippen molar-refractivity contribution in [3.63, 3.8) is 0 Å². The summed E-state index contributed by atoms with van der Waals surface area (Å²) in [5.74, 6) is 0.892. The maximum Gasteiger partial charge on any atom is 0.143 e. The lowest BCUT2D eigenvalue weighted by atomic mass is 10.0. The number of hydrogen-bond acceptors (Lipinski definition) is 2. The fraction of sp³-hybridized carbons (Fsp3) is 0.429. The summed E-state index contributed by atoms with van der Waals surface area (Å²) >= 11 is 0. The van der Waals surface area contributed by atoms with Crippen LogP contribution in [0.1, 0.15) is 25.1 Å². The summed E-state index contributed by atoms with van der Waals surface area (Å²) < 4.78 is 7.55. The number of ether oxygens (including phenoxy) is 1. The fourth-order valence-electron chi connectivity index (χ4n) is 2.35. The molecule has 0 unspecified atom stereocenters. The molecule has 0 saturated heterocycles. The summed E-state index contributed by atoms with van der Waals surface area (Å²) in [6.07, 6.45) is 0. The minimum Gasteiger partial charge on any atom is -0.495 e. The first kappa shape index (κ1) is 12.0. The Morgan fingerprint density at radius 1 is 1.29 bits per heavy atom. The highest BCUT2D eigenvalue weighted by molar-refractivity contribution is 5.90. The van der Waals surface area contributed by atoms with Crippen LogP contribution < -0.4 is 10.5 Å². The van der Waals surface area contributed by atoms with Crippen molar-refractivity contribution in [2.45, 2.75) is 26.3 Å². The van der Waals surface area contributed by atoms with Crippen LogP contribution in [-0.4, -0.2) is 11.7 Å². The van der Waals surface area contributed by atoms with Crippen molar-refractivity contribution in [3.05, 3.63) is 29.5 Å². The molecule has 0 aliphatic rings. The van der Waals surface area contributed by atoms with Gasteiger partial charge in [-0.3, -0.25) is 0 Å². The van der Waals surface area contributed by atoms with Gasteiger partial charge in [-0.15, -0.1) is 0 Å². The maximum atomic E-state index is 6.20. The highest BCUT2D eigenvalue weighted by atomic mass is 16.5. The molecule has 0 fully saturated rings. The van der Waals surface area contributed by atoms with E-state index in [9.17, 15) is 0 Å². The van der Waals surface area contributed by atoms with E-state index in [0.717, 1.165) is 17.0 Å². The Kier molecular flexibility index (Phi) is 2.66. The standard InChI is InChI=1S/C14H20N2O/c1-9-6-7-11(17-5)13-10(9)8-12(16(13)4)14(2,3)15/h6-8H,15H2,1-5H3. The summed E-state index contributed by atoms with van der Waals surface area (Å²) in [7, 11) is 3.73. The molecular formula is C14H20N2O. The van der Waals surface area contributed by atoms with Gasteiger partial charge in [0, 0.05) is 18.1 Å². The third-order valence-electron chi connectivity index (χ3n) is 3.26. The van der Waals surface area contributed by atoms with Gasteiger partial charge in [0.25, 0.3) is 0 Å². The van der Waals surface area contributed by atoms with Gasteiger partial charge in [-0.1, -0.05) is 6.07 Å². The highest BCUT2D eigenvalue weighted by Crippen LogP contribution is 2.33. The van der Waals surface area contributed by atoms with Crippen molar-refractivity contribution >= 4 is 10.9 Å². The van der Waals surface area contributed by atoms with E-state index in [1.165, 1.54) is 10.9 Å². The average Bonchev–Trinajstić information content (AvgIpc) is 2.58. The number of benzene rings is 1. The van der Waals surface area contributed by atoms with E-state index in [1.807, 2.05) is 27.0 Å². The van der Waals surface area contributed by atoms with Gasteiger partial charge >= 0.3 is 0 Å². The van der Waals surface area contributed by atoms with Crippen molar-refractivity contribution < 1.29 is 4.74 Å². The largest absolute Gasteiger partial charge is 0.495 e. The monoisotopic (exact) mass is 232 g/mol. The molecule has 2 N–H and O–H groups in total. The molecule has 0 aliphatic carbocycles.